The van der Waals surface area contributed by atoms with Crippen LogP contribution in [0.1, 0.15) is 11.8 Å². The molecule has 0 radical (unpaired) electrons. The van der Waals surface area contributed by atoms with E-state index in [1.54, 1.807) is 6.07 Å². The van der Waals surface area contributed by atoms with Crippen molar-refractivity contribution in [2.24, 2.45) is 0 Å². The van der Waals surface area contributed by atoms with Crippen molar-refractivity contribution in [2.75, 3.05) is 5.32 Å². The van der Waals surface area contributed by atoms with Crippen LogP contribution in [0.4, 0.5) is 18.9 Å². The summed E-state index contributed by atoms with van der Waals surface area (Å²) in [5, 5.41) is 2.97. The number of anilines is 1. The lowest BCUT2D eigenvalue weighted by molar-refractivity contribution is -0.274. The number of rotatable bonds is 5. The van der Waals surface area contributed by atoms with Crippen LogP contribution in [0, 0.1) is 0 Å². The van der Waals surface area contributed by atoms with Gasteiger partial charge in [-0.15, -0.1) is 24.5 Å². The summed E-state index contributed by atoms with van der Waals surface area (Å²) in [6.45, 7) is 1.71. The van der Waals surface area contributed by atoms with Gasteiger partial charge in [0.25, 0.3) is 5.56 Å². The van der Waals surface area contributed by atoms with E-state index in [0.717, 1.165) is 23.4 Å². The van der Waals surface area contributed by atoms with Gasteiger partial charge in [0.1, 0.15) is 17.1 Å². The number of fused-ring (bicyclic) bond motifs is 1. The van der Waals surface area contributed by atoms with Crippen LogP contribution in [-0.2, 0) is 17.8 Å². The zero-order valence-electron chi connectivity index (χ0n) is 14.0. The number of carbonyl (C=O) groups excluding carboxylic acids is 1. The minimum absolute atomic E-state index is 0.264. The Morgan fingerprint density at radius 1 is 1.30 bits per heavy atom. The maximum Gasteiger partial charge on any atom is 0.573 e. The summed E-state index contributed by atoms with van der Waals surface area (Å²) in [5.41, 5.74) is -0.0413. The summed E-state index contributed by atoms with van der Waals surface area (Å²) in [6, 6.07) is 6.48. The first kappa shape index (κ1) is 18.9. The van der Waals surface area contributed by atoms with Crippen molar-refractivity contribution in [1.82, 2.24) is 9.55 Å². The number of aromatic nitrogens is 2. The lowest BCUT2D eigenvalue weighted by Crippen LogP contribution is -2.27. The molecule has 0 unspecified atom stereocenters. The van der Waals surface area contributed by atoms with Crippen molar-refractivity contribution >= 4 is 33.1 Å². The van der Waals surface area contributed by atoms with Crippen LogP contribution >= 0.6 is 11.3 Å². The summed E-state index contributed by atoms with van der Waals surface area (Å²) in [4.78, 5) is 30.4. The molecule has 0 saturated carbocycles. The van der Waals surface area contributed by atoms with Gasteiger partial charge in [0.05, 0.1) is 11.7 Å². The first-order chi connectivity index (χ1) is 12.7. The van der Waals surface area contributed by atoms with Crippen LogP contribution in [0.15, 0.2) is 41.5 Å². The number of aryl methyl sites for hydroxylation is 1. The van der Waals surface area contributed by atoms with Crippen LogP contribution in [0.3, 0.4) is 0 Å². The van der Waals surface area contributed by atoms with E-state index in [1.807, 2.05) is 6.92 Å². The average molecular weight is 397 g/mol. The van der Waals surface area contributed by atoms with Crippen molar-refractivity contribution in [3.05, 3.63) is 51.9 Å². The average Bonchev–Trinajstić information content (AvgIpc) is 3.02. The number of carbonyl (C=O) groups is 1. The van der Waals surface area contributed by atoms with E-state index < -0.39 is 18.0 Å². The van der Waals surface area contributed by atoms with Crippen LogP contribution < -0.4 is 15.6 Å². The number of hydrogen-bond donors (Lipinski definition) is 1. The highest BCUT2D eigenvalue weighted by Crippen LogP contribution is 2.24. The minimum Gasteiger partial charge on any atom is -0.406 e. The second kappa shape index (κ2) is 7.39. The molecule has 3 aromatic rings. The molecule has 0 aliphatic heterocycles. The summed E-state index contributed by atoms with van der Waals surface area (Å²) < 4.78 is 41.4. The van der Waals surface area contributed by atoms with Gasteiger partial charge in [-0.3, -0.25) is 14.2 Å². The van der Waals surface area contributed by atoms with Crippen LogP contribution in [-0.4, -0.2) is 21.8 Å². The molecule has 0 fully saturated rings. The zero-order valence-corrected chi connectivity index (χ0v) is 14.9. The number of hydrogen-bond acceptors (Lipinski definition) is 5. The molecule has 0 saturated heterocycles. The Morgan fingerprint density at radius 3 is 2.63 bits per heavy atom. The van der Waals surface area contributed by atoms with Crippen LogP contribution in [0.25, 0.3) is 10.2 Å². The summed E-state index contributed by atoms with van der Waals surface area (Å²) in [5.74, 6) is -0.899. The maximum atomic E-state index is 12.4. The molecular formula is C17H14F3N3O3S. The third-order valence-corrected chi connectivity index (χ3v) is 4.79. The van der Waals surface area contributed by atoms with E-state index in [2.05, 4.69) is 15.0 Å². The van der Waals surface area contributed by atoms with E-state index in [-0.39, 0.29) is 17.8 Å². The van der Waals surface area contributed by atoms with E-state index in [1.165, 1.54) is 34.4 Å². The molecule has 0 bridgehead atoms. The lowest BCUT2D eigenvalue weighted by Gasteiger charge is -2.10. The molecule has 10 heteroatoms. The topological polar surface area (TPSA) is 73.2 Å². The number of ether oxygens (including phenoxy) is 1. The summed E-state index contributed by atoms with van der Waals surface area (Å²) >= 11 is 1.43. The van der Waals surface area contributed by atoms with Crippen molar-refractivity contribution < 1.29 is 22.7 Å². The quantitative estimate of drug-likeness (QED) is 0.715. The molecule has 1 amide bonds. The minimum atomic E-state index is -4.78. The number of alkyl halides is 3. The first-order valence-corrected chi connectivity index (χ1v) is 8.70. The molecule has 142 valence electrons. The SMILES string of the molecule is CCc1cc2c(=O)n(CC(=O)Nc3ccc(OC(F)(F)F)cc3)cnc2s1. The Kier molecular flexibility index (Phi) is 5.17. The van der Waals surface area contributed by atoms with Crippen LogP contribution in [0.2, 0.25) is 0 Å². The van der Waals surface area contributed by atoms with Gasteiger partial charge in [0, 0.05) is 10.6 Å². The maximum absolute atomic E-state index is 12.4. The third kappa shape index (κ3) is 4.64. The van der Waals surface area contributed by atoms with Crippen molar-refractivity contribution in [3.63, 3.8) is 0 Å². The van der Waals surface area contributed by atoms with Gasteiger partial charge in [-0.2, -0.15) is 0 Å². The van der Waals surface area contributed by atoms with Gasteiger partial charge in [0.2, 0.25) is 5.91 Å². The summed E-state index contributed by atoms with van der Waals surface area (Å²) in [6.07, 6.45) is -2.69. The summed E-state index contributed by atoms with van der Waals surface area (Å²) in [7, 11) is 0. The number of halogens is 3. The molecule has 1 aromatic carbocycles. The van der Waals surface area contributed by atoms with Crippen LogP contribution in [0.5, 0.6) is 5.75 Å². The number of amides is 1. The molecule has 0 aliphatic rings. The normalized spacial score (nSPS) is 11.6. The number of benzene rings is 1. The van der Waals surface area contributed by atoms with E-state index in [0.29, 0.717) is 10.2 Å². The van der Waals surface area contributed by atoms with E-state index in [9.17, 15) is 22.8 Å². The van der Waals surface area contributed by atoms with Gasteiger partial charge in [-0.1, -0.05) is 6.92 Å². The van der Waals surface area contributed by atoms with Crippen molar-refractivity contribution in [1.29, 1.82) is 0 Å². The molecule has 3 rings (SSSR count). The fraction of sp³-hybridized carbons (Fsp3) is 0.235. The fourth-order valence-corrected chi connectivity index (χ4v) is 3.32. The Balaban J connectivity index is 1.70. The van der Waals surface area contributed by atoms with Crippen molar-refractivity contribution in [2.45, 2.75) is 26.3 Å². The monoisotopic (exact) mass is 397 g/mol. The lowest BCUT2D eigenvalue weighted by atomic mass is 10.3. The van der Waals surface area contributed by atoms with Gasteiger partial charge < -0.3 is 10.1 Å². The molecule has 1 N–H and O–H groups in total. The molecule has 0 spiro atoms. The molecule has 27 heavy (non-hydrogen) atoms. The van der Waals surface area contributed by atoms with E-state index >= 15 is 0 Å². The smallest absolute Gasteiger partial charge is 0.406 e. The number of nitrogens with one attached hydrogen (secondary N) is 1. The highest BCUT2D eigenvalue weighted by atomic mass is 32.1. The largest absolute Gasteiger partial charge is 0.573 e. The highest BCUT2D eigenvalue weighted by molar-refractivity contribution is 7.18. The highest BCUT2D eigenvalue weighted by Gasteiger charge is 2.30. The van der Waals surface area contributed by atoms with Gasteiger partial charge >= 0.3 is 6.36 Å². The second-order valence-corrected chi connectivity index (χ2v) is 6.70. The number of thiophene rings is 1. The Bertz CT molecular complexity index is 1030. The first-order valence-electron chi connectivity index (χ1n) is 7.88. The van der Waals surface area contributed by atoms with Crippen molar-refractivity contribution in [3.8, 4) is 5.75 Å². The molecule has 6 nitrogen and oxygen atoms in total. The standard InChI is InChI=1S/C17H14F3N3O3S/c1-2-12-7-13-15(27-12)21-9-23(16(13)25)8-14(24)22-10-3-5-11(6-4-10)26-17(18,19)20/h3-7,9H,2,8H2,1H3,(H,22,24). The fourth-order valence-electron chi connectivity index (χ4n) is 2.39. The molecule has 2 aromatic heterocycles. The molecule has 2 heterocycles. The number of nitrogens with zero attached hydrogens (tertiary/aromatic N) is 2. The zero-order chi connectivity index (χ0) is 19.6. The predicted molar refractivity (Wildman–Crippen MR) is 95.0 cm³/mol. The Morgan fingerprint density at radius 2 is 2.00 bits per heavy atom. The Labute approximate surface area is 155 Å². The third-order valence-electron chi connectivity index (χ3n) is 3.60. The molecule has 0 atom stereocenters. The molecule has 0 aliphatic carbocycles. The van der Waals surface area contributed by atoms with Gasteiger partial charge in [-0.05, 0) is 36.8 Å². The predicted octanol–water partition coefficient (Wildman–Crippen LogP) is 3.56. The van der Waals surface area contributed by atoms with Gasteiger partial charge in [-0.25, -0.2) is 4.98 Å². The second-order valence-electron chi connectivity index (χ2n) is 5.58. The van der Waals surface area contributed by atoms with Gasteiger partial charge in [0.15, 0.2) is 0 Å². The molecular weight excluding hydrogens is 383 g/mol. The van der Waals surface area contributed by atoms with E-state index in [4.69, 9.17) is 0 Å². The Hall–Kier alpha value is -2.88.